The summed E-state index contributed by atoms with van der Waals surface area (Å²) in [7, 11) is 0. The minimum absolute atomic E-state index is 0.0222. The highest BCUT2D eigenvalue weighted by Crippen LogP contribution is 2.20. The van der Waals surface area contributed by atoms with Gasteiger partial charge in [-0.1, -0.05) is 0 Å². The van der Waals surface area contributed by atoms with E-state index in [1.165, 1.54) is 18.2 Å². The number of carbonyl (C=O) groups is 1. The van der Waals surface area contributed by atoms with Gasteiger partial charge in [0, 0.05) is 12.1 Å². The lowest BCUT2D eigenvalue weighted by atomic mass is 10.3. The summed E-state index contributed by atoms with van der Waals surface area (Å²) in [5, 5.41) is 15.4. The van der Waals surface area contributed by atoms with Crippen LogP contribution in [0.25, 0.3) is 0 Å². The molecule has 0 radical (unpaired) electrons. The van der Waals surface area contributed by atoms with Crippen LogP contribution in [0.3, 0.4) is 0 Å². The molecule has 0 spiro atoms. The first kappa shape index (κ1) is 11.9. The Morgan fingerprint density at radius 1 is 1.11 bits per heavy atom. The molecule has 0 saturated heterocycles. The number of ether oxygens (including phenoxy) is 1. The lowest BCUT2D eigenvalue weighted by molar-refractivity contribution is 0.0689. The number of aromatic carboxylic acids is 1. The Morgan fingerprint density at radius 3 is 2.44 bits per heavy atom. The fourth-order valence-electron chi connectivity index (χ4n) is 1.15. The normalized spacial score (nSPS) is 10.1. The van der Waals surface area contributed by atoms with Gasteiger partial charge in [0.15, 0.2) is 17.3 Å². The highest BCUT2D eigenvalue weighted by molar-refractivity contribution is 5.84. The van der Waals surface area contributed by atoms with Gasteiger partial charge in [-0.2, -0.15) is 0 Å². The Labute approximate surface area is 99.7 Å². The van der Waals surface area contributed by atoms with Gasteiger partial charge in [0.05, 0.1) is 0 Å². The molecule has 0 fully saturated rings. The molecule has 7 heteroatoms. The van der Waals surface area contributed by atoms with Crippen LogP contribution in [0.2, 0.25) is 0 Å². The average molecular weight is 252 g/mol. The van der Waals surface area contributed by atoms with Crippen molar-refractivity contribution in [1.29, 1.82) is 0 Å². The SMILES string of the molecule is O=C(O)c1ccc(Oc2ccc(F)c(F)c2)nn1. The van der Waals surface area contributed by atoms with E-state index in [0.29, 0.717) is 0 Å². The summed E-state index contributed by atoms with van der Waals surface area (Å²) in [6.07, 6.45) is 0. The average Bonchev–Trinajstić information content (AvgIpc) is 2.34. The molecule has 0 atom stereocenters. The zero-order chi connectivity index (χ0) is 13.1. The van der Waals surface area contributed by atoms with Crippen LogP contribution in [-0.2, 0) is 0 Å². The summed E-state index contributed by atoms with van der Waals surface area (Å²) < 4.78 is 30.6. The lowest BCUT2D eigenvalue weighted by Gasteiger charge is -2.04. The predicted molar refractivity (Wildman–Crippen MR) is 55.4 cm³/mol. The molecule has 0 aliphatic heterocycles. The number of carboxylic acid groups (broad SMARTS) is 1. The quantitative estimate of drug-likeness (QED) is 0.906. The van der Waals surface area contributed by atoms with E-state index in [2.05, 4.69) is 10.2 Å². The first-order valence-electron chi connectivity index (χ1n) is 4.76. The second kappa shape index (κ2) is 4.74. The van der Waals surface area contributed by atoms with Crippen LogP contribution in [0, 0.1) is 11.6 Å². The van der Waals surface area contributed by atoms with Crippen LogP contribution in [0.1, 0.15) is 10.5 Å². The van der Waals surface area contributed by atoms with Gasteiger partial charge in [-0.25, -0.2) is 13.6 Å². The monoisotopic (exact) mass is 252 g/mol. The van der Waals surface area contributed by atoms with Gasteiger partial charge in [0.1, 0.15) is 5.75 Å². The van der Waals surface area contributed by atoms with Gasteiger partial charge >= 0.3 is 5.97 Å². The Balaban J connectivity index is 2.18. The molecule has 1 heterocycles. The molecule has 0 amide bonds. The first-order valence-corrected chi connectivity index (χ1v) is 4.76. The minimum Gasteiger partial charge on any atom is -0.476 e. The van der Waals surface area contributed by atoms with Gasteiger partial charge in [-0.05, 0) is 18.2 Å². The second-order valence-corrected chi connectivity index (χ2v) is 3.24. The molecule has 1 aromatic heterocycles. The van der Waals surface area contributed by atoms with Crippen molar-refractivity contribution in [3.05, 3.63) is 47.7 Å². The largest absolute Gasteiger partial charge is 0.476 e. The molecule has 2 aromatic rings. The number of carboxylic acids is 1. The van der Waals surface area contributed by atoms with Crippen molar-refractivity contribution in [2.24, 2.45) is 0 Å². The summed E-state index contributed by atoms with van der Waals surface area (Å²) >= 11 is 0. The van der Waals surface area contributed by atoms with Crippen LogP contribution < -0.4 is 4.74 Å². The standard InChI is InChI=1S/C11H6F2N2O3/c12-7-2-1-6(5-8(7)13)18-10-4-3-9(11(16)17)14-15-10/h1-5H,(H,16,17). The summed E-state index contributed by atoms with van der Waals surface area (Å²) in [6.45, 7) is 0. The van der Waals surface area contributed by atoms with Crippen molar-refractivity contribution in [2.45, 2.75) is 0 Å². The van der Waals surface area contributed by atoms with E-state index in [1.807, 2.05) is 0 Å². The number of rotatable bonds is 3. The molecule has 92 valence electrons. The third-order valence-corrected chi connectivity index (χ3v) is 1.97. The summed E-state index contributed by atoms with van der Waals surface area (Å²) in [6, 6.07) is 5.42. The van der Waals surface area contributed by atoms with Crippen molar-refractivity contribution >= 4 is 5.97 Å². The number of hydrogen-bond donors (Lipinski definition) is 1. The molecule has 1 N–H and O–H groups in total. The minimum atomic E-state index is -1.22. The Bertz CT molecular complexity index is 587. The molecule has 1 aromatic carbocycles. The van der Waals surface area contributed by atoms with Crippen LogP contribution in [-0.4, -0.2) is 21.3 Å². The topological polar surface area (TPSA) is 72.3 Å². The van der Waals surface area contributed by atoms with E-state index in [-0.39, 0.29) is 17.3 Å². The van der Waals surface area contributed by atoms with E-state index in [9.17, 15) is 13.6 Å². The Morgan fingerprint density at radius 2 is 1.89 bits per heavy atom. The first-order chi connectivity index (χ1) is 8.56. The number of halogens is 2. The molecular formula is C11H6F2N2O3. The molecule has 5 nitrogen and oxygen atoms in total. The van der Waals surface area contributed by atoms with Crippen LogP contribution in [0.5, 0.6) is 11.6 Å². The van der Waals surface area contributed by atoms with E-state index >= 15 is 0 Å². The second-order valence-electron chi connectivity index (χ2n) is 3.24. The molecule has 0 aliphatic carbocycles. The van der Waals surface area contributed by atoms with E-state index in [4.69, 9.17) is 9.84 Å². The molecule has 0 unspecified atom stereocenters. The van der Waals surface area contributed by atoms with Crippen LogP contribution >= 0.6 is 0 Å². The molecular weight excluding hydrogens is 246 g/mol. The van der Waals surface area contributed by atoms with Crippen molar-refractivity contribution in [3.63, 3.8) is 0 Å². The summed E-state index contributed by atoms with van der Waals surface area (Å²) in [5.41, 5.74) is -0.243. The zero-order valence-electron chi connectivity index (χ0n) is 8.80. The van der Waals surface area contributed by atoms with Crippen molar-refractivity contribution in [2.75, 3.05) is 0 Å². The van der Waals surface area contributed by atoms with Gasteiger partial charge < -0.3 is 9.84 Å². The molecule has 0 bridgehead atoms. The fourth-order valence-corrected chi connectivity index (χ4v) is 1.15. The van der Waals surface area contributed by atoms with E-state index < -0.39 is 17.6 Å². The van der Waals surface area contributed by atoms with E-state index in [0.717, 1.165) is 12.1 Å². The maximum Gasteiger partial charge on any atom is 0.356 e. The molecule has 0 aliphatic rings. The maximum absolute atomic E-state index is 12.9. The third kappa shape index (κ3) is 2.57. The highest BCUT2D eigenvalue weighted by Gasteiger charge is 2.08. The summed E-state index contributed by atoms with van der Waals surface area (Å²) in [5.74, 6) is -3.25. The maximum atomic E-state index is 12.9. The Kier molecular flexibility index (Phi) is 3.13. The lowest BCUT2D eigenvalue weighted by Crippen LogP contribution is -2.02. The van der Waals surface area contributed by atoms with E-state index in [1.54, 1.807) is 0 Å². The van der Waals surface area contributed by atoms with Crippen molar-refractivity contribution in [3.8, 4) is 11.6 Å². The smallest absolute Gasteiger partial charge is 0.356 e. The fraction of sp³-hybridized carbons (Fsp3) is 0. The number of benzene rings is 1. The third-order valence-electron chi connectivity index (χ3n) is 1.97. The number of hydrogen-bond acceptors (Lipinski definition) is 4. The molecule has 2 rings (SSSR count). The van der Waals surface area contributed by atoms with Gasteiger partial charge in [0.25, 0.3) is 0 Å². The molecule has 0 saturated carbocycles. The zero-order valence-corrected chi connectivity index (χ0v) is 8.80. The van der Waals surface area contributed by atoms with Gasteiger partial charge in [-0.15, -0.1) is 10.2 Å². The Hall–Kier alpha value is -2.57. The number of aromatic nitrogens is 2. The van der Waals surface area contributed by atoms with Crippen LogP contribution in [0.15, 0.2) is 30.3 Å². The van der Waals surface area contributed by atoms with Crippen molar-refractivity contribution in [1.82, 2.24) is 10.2 Å². The van der Waals surface area contributed by atoms with Gasteiger partial charge in [0.2, 0.25) is 5.88 Å². The highest BCUT2D eigenvalue weighted by atomic mass is 19.2. The van der Waals surface area contributed by atoms with Crippen LogP contribution in [0.4, 0.5) is 8.78 Å². The molecule has 18 heavy (non-hydrogen) atoms. The summed E-state index contributed by atoms with van der Waals surface area (Å²) in [4.78, 5) is 10.5. The number of nitrogens with zero attached hydrogens (tertiary/aromatic N) is 2. The van der Waals surface area contributed by atoms with Gasteiger partial charge in [-0.3, -0.25) is 0 Å². The van der Waals surface area contributed by atoms with Crippen molar-refractivity contribution < 1.29 is 23.4 Å². The predicted octanol–water partition coefficient (Wildman–Crippen LogP) is 2.25.